The minimum atomic E-state index is -0.794. The Hall–Kier alpha value is -1.36. The number of likely N-dealkylation sites (N-methyl/N-ethyl adjacent to an activating group) is 1. The molecule has 5 heteroatoms. The number of aliphatic carboxylic acids is 1. The summed E-state index contributed by atoms with van der Waals surface area (Å²) in [7, 11) is 0. The molecule has 4 nitrogen and oxygen atoms in total. The molecule has 2 rings (SSSR count). The van der Waals surface area contributed by atoms with E-state index < -0.39 is 5.97 Å². The third kappa shape index (κ3) is 3.35. The molecule has 1 aromatic carbocycles. The van der Waals surface area contributed by atoms with Gasteiger partial charge in [0.05, 0.1) is 18.0 Å². The Morgan fingerprint density at radius 3 is 2.95 bits per heavy atom. The smallest absolute Gasteiger partial charge is 0.313 e. The average Bonchev–Trinajstić information content (AvgIpc) is 2.43. The van der Waals surface area contributed by atoms with E-state index in [1.807, 2.05) is 18.2 Å². The zero-order valence-electron chi connectivity index (χ0n) is 11.3. The number of ether oxygens (including phenoxy) is 1. The molecule has 0 saturated carbocycles. The molecule has 1 heterocycles. The van der Waals surface area contributed by atoms with Gasteiger partial charge in [0.1, 0.15) is 11.9 Å². The number of anilines is 1. The normalized spacial score (nSPS) is 17.8. The lowest BCUT2D eigenvalue weighted by atomic mass is 10.1. The van der Waals surface area contributed by atoms with Crippen molar-refractivity contribution in [3.8, 4) is 5.75 Å². The maximum absolute atomic E-state index is 10.6. The summed E-state index contributed by atoms with van der Waals surface area (Å²) in [5.74, 6) is 0.195. The van der Waals surface area contributed by atoms with E-state index >= 15 is 0 Å². The Balaban J connectivity index is 2.20. The SMILES string of the molecule is CCC1CN(CC)c2cc(SCC(=O)O)ccc2O1. The van der Waals surface area contributed by atoms with Gasteiger partial charge < -0.3 is 14.7 Å². The summed E-state index contributed by atoms with van der Waals surface area (Å²) in [6.07, 6.45) is 1.23. The largest absolute Gasteiger partial charge is 0.486 e. The Labute approximate surface area is 117 Å². The third-order valence-electron chi connectivity index (χ3n) is 3.19. The highest BCUT2D eigenvalue weighted by molar-refractivity contribution is 8.00. The predicted octanol–water partition coefficient (Wildman–Crippen LogP) is 2.86. The number of hydrogen-bond acceptors (Lipinski definition) is 4. The van der Waals surface area contributed by atoms with E-state index in [0.717, 1.165) is 35.8 Å². The van der Waals surface area contributed by atoms with Gasteiger partial charge in [-0.15, -0.1) is 11.8 Å². The molecule has 1 aromatic rings. The van der Waals surface area contributed by atoms with E-state index in [0.29, 0.717) is 0 Å². The first-order chi connectivity index (χ1) is 9.13. The fourth-order valence-corrected chi connectivity index (χ4v) is 2.80. The first-order valence-electron chi connectivity index (χ1n) is 6.54. The maximum Gasteiger partial charge on any atom is 0.313 e. The van der Waals surface area contributed by atoms with Crippen molar-refractivity contribution in [2.45, 2.75) is 31.3 Å². The fraction of sp³-hybridized carbons (Fsp3) is 0.500. The van der Waals surface area contributed by atoms with Crippen molar-refractivity contribution in [3.63, 3.8) is 0 Å². The molecule has 19 heavy (non-hydrogen) atoms. The summed E-state index contributed by atoms with van der Waals surface area (Å²) in [5, 5.41) is 8.72. The second kappa shape index (κ2) is 6.19. The van der Waals surface area contributed by atoms with Gasteiger partial charge in [0.15, 0.2) is 0 Å². The zero-order valence-corrected chi connectivity index (χ0v) is 12.1. The molecule has 0 fully saturated rings. The molecule has 1 aliphatic heterocycles. The van der Waals surface area contributed by atoms with Crippen molar-refractivity contribution in [3.05, 3.63) is 18.2 Å². The van der Waals surface area contributed by atoms with Gasteiger partial charge in [0.2, 0.25) is 0 Å². The van der Waals surface area contributed by atoms with Crippen molar-refractivity contribution in [2.24, 2.45) is 0 Å². The van der Waals surface area contributed by atoms with Crippen LogP contribution in [0.5, 0.6) is 5.75 Å². The number of thioether (sulfide) groups is 1. The molecule has 0 spiro atoms. The van der Waals surface area contributed by atoms with Crippen LogP contribution < -0.4 is 9.64 Å². The average molecular weight is 281 g/mol. The van der Waals surface area contributed by atoms with Crippen LogP contribution in [0.1, 0.15) is 20.3 Å². The molecule has 0 aliphatic carbocycles. The van der Waals surface area contributed by atoms with Gasteiger partial charge in [-0.2, -0.15) is 0 Å². The van der Waals surface area contributed by atoms with E-state index in [9.17, 15) is 4.79 Å². The highest BCUT2D eigenvalue weighted by atomic mass is 32.2. The number of benzene rings is 1. The van der Waals surface area contributed by atoms with Crippen molar-refractivity contribution in [1.82, 2.24) is 0 Å². The molecule has 1 aliphatic rings. The van der Waals surface area contributed by atoms with Crippen molar-refractivity contribution in [2.75, 3.05) is 23.7 Å². The topological polar surface area (TPSA) is 49.8 Å². The van der Waals surface area contributed by atoms with Crippen molar-refractivity contribution < 1.29 is 14.6 Å². The number of rotatable bonds is 5. The first-order valence-corrected chi connectivity index (χ1v) is 7.52. The lowest BCUT2D eigenvalue weighted by molar-refractivity contribution is -0.133. The van der Waals surface area contributed by atoms with E-state index in [-0.39, 0.29) is 11.9 Å². The molecular weight excluding hydrogens is 262 g/mol. The van der Waals surface area contributed by atoms with Crippen LogP contribution >= 0.6 is 11.8 Å². The molecule has 0 radical (unpaired) electrons. The summed E-state index contributed by atoms with van der Waals surface area (Å²) < 4.78 is 5.93. The number of carbonyl (C=O) groups is 1. The minimum Gasteiger partial charge on any atom is -0.486 e. The summed E-state index contributed by atoms with van der Waals surface area (Å²) >= 11 is 1.34. The predicted molar refractivity (Wildman–Crippen MR) is 77.4 cm³/mol. The quantitative estimate of drug-likeness (QED) is 0.841. The number of nitrogens with zero attached hydrogens (tertiary/aromatic N) is 1. The maximum atomic E-state index is 10.6. The zero-order chi connectivity index (χ0) is 13.8. The van der Waals surface area contributed by atoms with Crippen LogP contribution in [0.15, 0.2) is 23.1 Å². The Morgan fingerprint density at radius 1 is 1.53 bits per heavy atom. The lowest BCUT2D eigenvalue weighted by Crippen LogP contribution is -2.39. The highest BCUT2D eigenvalue weighted by Gasteiger charge is 2.23. The summed E-state index contributed by atoms with van der Waals surface area (Å²) in [5.41, 5.74) is 1.07. The van der Waals surface area contributed by atoms with Crippen LogP contribution in [-0.4, -0.2) is 36.0 Å². The minimum absolute atomic E-state index is 0.0867. The van der Waals surface area contributed by atoms with E-state index in [4.69, 9.17) is 9.84 Å². The van der Waals surface area contributed by atoms with Gasteiger partial charge in [-0.25, -0.2) is 0 Å². The van der Waals surface area contributed by atoms with Crippen LogP contribution in [-0.2, 0) is 4.79 Å². The fourth-order valence-electron chi connectivity index (χ4n) is 2.15. The molecule has 1 atom stereocenters. The van der Waals surface area contributed by atoms with Gasteiger partial charge in [-0.05, 0) is 31.5 Å². The van der Waals surface area contributed by atoms with Gasteiger partial charge in [-0.1, -0.05) is 6.92 Å². The Kier molecular flexibility index (Phi) is 4.58. The molecule has 104 valence electrons. The van der Waals surface area contributed by atoms with Crippen LogP contribution in [0.25, 0.3) is 0 Å². The van der Waals surface area contributed by atoms with E-state index in [1.54, 1.807) is 0 Å². The Bertz CT molecular complexity index is 464. The van der Waals surface area contributed by atoms with Gasteiger partial charge in [0, 0.05) is 11.4 Å². The summed E-state index contributed by atoms with van der Waals surface area (Å²) in [4.78, 5) is 13.9. The molecule has 1 unspecified atom stereocenters. The van der Waals surface area contributed by atoms with Gasteiger partial charge in [0.25, 0.3) is 0 Å². The molecule has 0 aromatic heterocycles. The number of carboxylic acid groups (broad SMARTS) is 1. The first kappa shape index (κ1) is 14.1. The van der Waals surface area contributed by atoms with E-state index in [1.165, 1.54) is 11.8 Å². The lowest BCUT2D eigenvalue weighted by Gasteiger charge is -2.35. The molecule has 0 bridgehead atoms. The van der Waals surface area contributed by atoms with Crippen LogP contribution in [0.3, 0.4) is 0 Å². The molecular formula is C14H19NO3S. The van der Waals surface area contributed by atoms with Crippen LogP contribution in [0.2, 0.25) is 0 Å². The van der Waals surface area contributed by atoms with Crippen LogP contribution in [0.4, 0.5) is 5.69 Å². The van der Waals surface area contributed by atoms with Crippen molar-refractivity contribution in [1.29, 1.82) is 0 Å². The monoisotopic (exact) mass is 281 g/mol. The molecule has 0 saturated heterocycles. The molecule has 0 amide bonds. The Morgan fingerprint density at radius 2 is 2.32 bits per heavy atom. The highest BCUT2D eigenvalue weighted by Crippen LogP contribution is 2.37. The standard InChI is InChI=1S/C14H19NO3S/c1-3-10-8-15(4-2)12-7-11(19-9-14(16)17)5-6-13(12)18-10/h5-7,10H,3-4,8-9H2,1-2H3,(H,16,17). The second-order valence-electron chi connectivity index (χ2n) is 4.50. The summed E-state index contributed by atoms with van der Waals surface area (Å²) in [6.45, 7) is 6.08. The van der Waals surface area contributed by atoms with Crippen LogP contribution in [0, 0.1) is 0 Å². The number of fused-ring (bicyclic) bond motifs is 1. The van der Waals surface area contributed by atoms with E-state index in [2.05, 4.69) is 18.7 Å². The third-order valence-corrected chi connectivity index (χ3v) is 4.17. The van der Waals surface area contributed by atoms with Crippen molar-refractivity contribution >= 4 is 23.4 Å². The second-order valence-corrected chi connectivity index (χ2v) is 5.55. The number of carboxylic acids is 1. The summed E-state index contributed by atoms with van der Waals surface area (Å²) in [6, 6.07) is 5.90. The van der Waals surface area contributed by atoms with Gasteiger partial charge in [-0.3, -0.25) is 4.79 Å². The van der Waals surface area contributed by atoms with Gasteiger partial charge >= 0.3 is 5.97 Å². The molecule has 1 N–H and O–H groups in total. The number of hydrogen-bond donors (Lipinski definition) is 1.